The largest absolute Gasteiger partial charge is 0.366 e. The Bertz CT molecular complexity index is 575. The Morgan fingerprint density at radius 1 is 1.14 bits per heavy atom. The molecule has 0 bridgehead atoms. The second-order valence-electron chi connectivity index (χ2n) is 5.63. The molecule has 1 fully saturated rings. The molecule has 0 amide bonds. The molecule has 0 spiro atoms. The molecule has 5 heteroatoms. The van der Waals surface area contributed by atoms with E-state index in [-0.39, 0.29) is 0 Å². The van der Waals surface area contributed by atoms with E-state index in [1.54, 1.807) is 6.20 Å². The van der Waals surface area contributed by atoms with Crippen molar-refractivity contribution < 1.29 is 0 Å². The molecule has 3 rings (SSSR count). The average Bonchev–Trinajstić information content (AvgIpc) is 3.00. The number of anilines is 2. The van der Waals surface area contributed by atoms with Gasteiger partial charge in [0.05, 0.1) is 6.20 Å². The molecular weight excluding hydrogens is 262 g/mol. The topological polar surface area (TPSA) is 62.7 Å². The number of hydrogen-bond donors (Lipinski definition) is 2. The van der Waals surface area contributed by atoms with Gasteiger partial charge in [-0.2, -0.15) is 10.1 Å². The Balaban J connectivity index is 1.58. The summed E-state index contributed by atoms with van der Waals surface area (Å²) < 4.78 is 0. The predicted molar refractivity (Wildman–Crippen MR) is 84.2 cm³/mol. The van der Waals surface area contributed by atoms with Gasteiger partial charge in [-0.3, -0.25) is 0 Å². The van der Waals surface area contributed by atoms with Crippen molar-refractivity contribution in [3.63, 3.8) is 0 Å². The summed E-state index contributed by atoms with van der Waals surface area (Å²) in [5.41, 5.74) is 2.47. The van der Waals surface area contributed by atoms with Gasteiger partial charge in [-0.15, -0.1) is 5.10 Å². The molecule has 1 aromatic carbocycles. The molecule has 2 aromatic rings. The van der Waals surface area contributed by atoms with Gasteiger partial charge >= 0.3 is 0 Å². The molecule has 5 nitrogen and oxygen atoms in total. The first-order valence-electron chi connectivity index (χ1n) is 7.55. The van der Waals surface area contributed by atoms with Crippen molar-refractivity contribution >= 4 is 11.8 Å². The fourth-order valence-electron chi connectivity index (χ4n) is 2.61. The van der Waals surface area contributed by atoms with Crippen LogP contribution in [0.25, 0.3) is 0 Å². The molecule has 0 radical (unpaired) electrons. The first-order valence-corrected chi connectivity index (χ1v) is 7.55. The van der Waals surface area contributed by atoms with Crippen LogP contribution in [0.3, 0.4) is 0 Å². The molecule has 0 saturated heterocycles. The molecule has 0 aliphatic heterocycles. The number of hydrogen-bond acceptors (Lipinski definition) is 5. The quantitative estimate of drug-likeness (QED) is 0.882. The smallest absolute Gasteiger partial charge is 0.244 e. The summed E-state index contributed by atoms with van der Waals surface area (Å²) in [7, 11) is 0. The third-order valence-corrected chi connectivity index (χ3v) is 3.84. The second kappa shape index (κ2) is 6.52. The van der Waals surface area contributed by atoms with E-state index in [0.717, 1.165) is 5.82 Å². The second-order valence-corrected chi connectivity index (χ2v) is 5.63. The van der Waals surface area contributed by atoms with E-state index in [0.29, 0.717) is 18.5 Å². The summed E-state index contributed by atoms with van der Waals surface area (Å²) >= 11 is 0. The highest BCUT2D eigenvalue weighted by Crippen LogP contribution is 2.21. The van der Waals surface area contributed by atoms with Gasteiger partial charge in [-0.25, -0.2) is 0 Å². The number of nitrogens with zero attached hydrogens (tertiary/aromatic N) is 3. The SMILES string of the molecule is Cc1ccc(CNc2nncc(NC3CCCC3)n2)cc1. The Hall–Kier alpha value is -2.17. The number of aromatic nitrogens is 3. The first kappa shape index (κ1) is 13.8. The molecule has 0 atom stereocenters. The number of nitrogens with one attached hydrogen (secondary N) is 2. The molecule has 1 aliphatic carbocycles. The fraction of sp³-hybridized carbons (Fsp3) is 0.438. The normalized spacial score (nSPS) is 15.1. The molecule has 0 unspecified atom stereocenters. The Morgan fingerprint density at radius 3 is 2.67 bits per heavy atom. The van der Waals surface area contributed by atoms with Crippen molar-refractivity contribution in [1.29, 1.82) is 0 Å². The third kappa shape index (κ3) is 3.90. The maximum atomic E-state index is 4.47. The van der Waals surface area contributed by atoms with Crippen LogP contribution in [0.1, 0.15) is 36.8 Å². The monoisotopic (exact) mass is 283 g/mol. The molecule has 21 heavy (non-hydrogen) atoms. The summed E-state index contributed by atoms with van der Waals surface area (Å²) in [6.45, 7) is 2.79. The van der Waals surface area contributed by atoms with Crippen molar-refractivity contribution in [2.45, 2.75) is 45.2 Å². The van der Waals surface area contributed by atoms with Crippen molar-refractivity contribution in [3.05, 3.63) is 41.6 Å². The highest BCUT2D eigenvalue weighted by Gasteiger charge is 2.15. The van der Waals surface area contributed by atoms with E-state index >= 15 is 0 Å². The van der Waals surface area contributed by atoms with Gasteiger partial charge in [-0.05, 0) is 25.3 Å². The van der Waals surface area contributed by atoms with Gasteiger partial charge in [-0.1, -0.05) is 42.7 Å². The molecule has 1 heterocycles. The van der Waals surface area contributed by atoms with E-state index in [2.05, 4.69) is 57.0 Å². The molecular formula is C16H21N5. The van der Waals surface area contributed by atoms with Gasteiger partial charge in [0, 0.05) is 12.6 Å². The first-order chi connectivity index (χ1) is 10.3. The summed E-state index contributed by atoms with van der Waals surface area (Å²) in [5.74, 6) is 1.38. The third-order valence-electron chi connectivity index (χ3n) is 3.84. The van der Waals surface area contributed by atoms with Crippen LogP contribution in [0, 0.1) is 6.92 Å². The van der Waals surface area contributed by atoms with Gasteiger partial charge in [0.15, 0.2) is 5.82 Å². The maximum Gasteiger partial charge on any atom is 0.244 e. The minimum Gasteiger partial charge on any atom is -0.366 e. The van der Waals surface area contributed by atoms with E-state index in [4.69, 9.17) is 0 Å². The number of rotatable bonds is 5. The van der Waals surface area contributed by atoms with Gasteiger partial charge in [0.25, 0.3) is 0 Å². The van der Waals surface area contributed by atoms with Gasteiger partial charge in [0.1, 0.15) is 0 Å². The zero-order valence-corrected chi connectivity index (χ0v) is 12.3. The van der Waals surface area contributed by atoms with Crippen LogP contribution in [-0.2, 0) is 6.54 Å². The van der Waals surface area contributed by atoms with Crippen LogP contribution in [0.5, 0.6) is 0 Å². The van der Waals surface area contributed by atoms with Crippen LogP contribution < -0.4 is 10.6 Å². The van der Waals surface area contributed by atoms with Crippen LogP contribution in [-0.4, -0.2) is 21.2 Å². The predicted octanol–water partition coefficient (Wildman–Crippen LogP) is 3.15. The lowest BCUT2D eigenvalue weighted by Crippen LogP contribution is -2.16. The van der Waals surface area contributed by atoms with Crippen molar-refractivity contribution in [1.82, 2.24) is 15.2 Å². The van der Waals surface area contributed by atoms with Gasteiger partial charge in [0.2, 0.25) is 5.95 Å². The summed E-state index contributed by atoms with van der Waals surface area (Å²) in [5, 5.41) is 14.7. The van der Waals surface area contributed by atoms with Crippen molar-refractivity contribution in [3.8, 4) is 0 Å². The number of aryl methyl sites for hydroxylation is 1. The highest BCUT2D eigenvalue weighted by atomic mass is 15.3. The molecule has 1 aromatic heterocycles. The minimum atomic E-state index is 0.534. The summed E-state index contributed by atoms with van der Waals surface area (Å²) in [6.07, 6.45) is 6.73. The minimum absolute atomic E-state index is 0.534. The lowest BCUT2D eigenvalue weighted by atomic mass is 10.1. The fourth-order valence-corrected chi connectivity index (χ4v) is 2.61. The van der Waals surface area contributed by atoms with Crippen LogP contribution in [0.4, 0.5) is 11.8 Å². The van der Waals surface area contributed by atoms with E-state index in [9.17, 15) is 0 Å². The Morgan fingerprint density at radius 2 is 1.90 bits per heavy atom. The van der Waals surface area contributed by atoms with Crippen molar-refractivity contribution in [2.24, 2.45) is 0 Å². The highest BCUT2D eigenvalue weighted by molar-refractivity contribution is 5.38. The van der Waals surface area contributed by atoms with Crippen molar-refractivity contribution in [2.75, 3.05) is 10.6 Å². The van der Waals surface area contributed by atoms with Crippen LogP contribution in [0.2, 0.25) is 0 Å². The zero-order chi connectivity index (χ0) is 14.5. The summed E-state index contributed by atoms with van der Waals surface area (Å²) in [4.78, 5) is 4.47. The number of benzene rings is 1. The lowest BCUT2D eigenvalue weighted by molar-refractivity contribution is 0.746. The van der Waals surface area contributed by atoms with Crippen LogP contribution >= 0.6 is 0 Å². The van der Waals surface area contributed by atoms with Gasteiger partial charge < -0.3 is 10.6 Å². The Labute approximate surface area is 125 Å². The molecule has 2 N–H and O–H groups in total. The lowest BCUT2D eigenvalue weighted by Gasteiger charge is -2.12. The average molecular weight is 283 g/mol. The Kier molecular flexibility index (Phi) is 4.28. The molecule has 1 aliphatic rings. The molecule has 1 saturated carbocycles. The molecule has 110 valence electrons. The standard InChI is InChI=1S/C16H21N5/c1-12-6-8-13(9-7-12)10-17-16-20-15(11-18-21-16)19-14-4-2-3-5-14/h6-9,11,14H,2-5,10H2,1H3,(H2,17,19,20,21). The summed E-state index contributed by atoms with van der Waals surface area (Å²) in [6, 6.07) is 8.96. The van der Waals surface area contributed by atoms with Crippen LogP contribution in [0.15, 0.2) is 30.5 Å². The maximum absolute atomic E-state index is 4.47. The zero-order valence-electron chi connectivity index (χ0n) is 12.3. The van der Waals surface area contributed by atoms with E-state index in [1.165, 1.54) is 36.8 Å². The van der Waals surface area contributed by atoms with E-state index in [1.807, 2.05) is 0 Å². The van der Waals surface area contributed by atoms with E-state index < -0.39 is 0 Å².